The minimum absolute atomic E-state index is 0.0671. The normalized spacial score (nSPS) is 12.0. The van der Waals surface area contributed by atoms with Gasteiger partial charge in [0.2, 0.25) is 0 Å². The van der Waals surface area contributed by atoms with Crippen molar-refractivity contribution in [2.45, 2.75) is 10.3 Å². The second-order valence-electron chi connectivity index (χ2n) is 5.58. The standard InChI is InChI=1S/C17H13ClF3N3O3S/c1-27-15-8-7-11(9-13(15)19)14-10-16(17(18,20)21)22-24(14)23-28(25,26)12-5-3-2-4-6-12/h2-10,23H,1H3. The second kappa shape index (κ2) is 7.36. The Kier molecular flexibility index (Phi) is 5.26. The lowest BCUT2D eigenvalue weighted by molar-refractivity contribution is 0.0894. The van der Waals surface area contributed by atoms with Crippen LogP contribution in [0.3, 0.4) is 0 Å². The highest BCUT2D eigenvalue weighted by Crippen LogP contribution is 2.34. The van der Waals surface area contributed by atoms with Gasteiger partial charge in [-0.2, -0.15) is 26.8 Å². The van der Waals surface area contributed by atoms with Crippen LogP contribution < -0.4 is 9.57 Å². The molecule has 2 aromatic carbocycles. The summed E-state index contributed by atoms with van der Waals surface area (Å²) in [6.07, 6.45) is 0. The zero-order valence-electron chi connectivity index (χ0n) is 14.2. The smallest absolute Gasteiger partial charge is 0.366 e. The molecule has 1 N–H and O–H groups in total. The predicted octanol–water partition coefficient (Wildman–Crippen LogP) is 3.92. The first-order valence-electron chi connectivity index (χ1n) is 7.71. The molecule has 0 radical (unpaired) electrons. The minimum Gasteiger partial charge on any atom is -0.494 e. The van der Waals surface area contributed by atoms with Gasteiger partial charge in [0, 0.05) is 5.56 Å². The highest BCUT2D eigenvalue weighted by Gasteiger charge is 2.33. The molecule has 0 aliphatic rings. The van der Waals surface area contributed by atoms with Crippen LogP contribution in [-0.2, 0) is 15.4 Å². The summed E-state index contributed by atoms with van der Waals surface area (Å²) in [5, 5.41) is -0.326. The van der Waals surface area contributed by atoms with Gasteiger partial charge in [-0.1, -0.05) is 18.2 Å². The summed E-state index contributed by atoms with van der Waals surface area (Å²) in [4.78, 5) is 2.57. The lowest BCUT2D eigenvalue weighted by atomic mass is 10.1. The highest BCUT2D eigenvalue weighted by molar-refractivity contribution is 7.92. The van der Waals surface area contributed by atoms with E-state index in [1.165, 1.54) is 43.5 Å². The van der Waals surface area contributed by atoms with E-state index in [2.05, 4.69) is 9.93 Å². The third-order valence-electron chi connectivity index (χ3n) is 3.71. The van der Waals surface area contributed by atoms with E-state index in [9.17, 15) is 21.6 Å². The summed E-state index contributed by atoms with van der Waals surface area (Å²) in [5.74, 6) is -0.833. The van der Waals surface area contributed by atoms with Crippen LogP contribution in [0, 0.1) is 5.82 Å². The van der Waals surface area contributed by atoms with Gasteiger partial charge >= 0.3 is 5.38 Å². The van der Waals surface area contributed by atoms with Crippen molar-refractivity contribution in [1.82, 2.24) is 9.89 Å². The molecule has 1 aromatic heterocycles. The molecule has 0 spiro atoms. The van der Waals surface area contributed by atoms with Crippen LogP contribution in [0.1, 0.15) is 5.69 Å². The fourth-order valence-corrected chi connectivity index (χ4v) is 3.47. The number of alkyl halides is 3. The molecule has 0 unspecified atom stereocenters. The Morgan fingerprint density at radius 1 is 1.14 bits per heavy atom. The van der Waals surface area contributed by atoms with Crippen molar-refractivity contribution in [3.05, 3.63) is 66.1 Å². The van der Waals surface area contributed by atoms with Gasteiger partial charge in [-0.25, -0.2) is 4.39 Å². The summed E-state index contributed by atoms with van der Waals surface area (Å²) in [5.41, 5.74) is -0.971. The second-order valence-corrected chi connectivity index (χ2v) is 7.72. The summed E-state index contributed by atoms with van der Waals surface area (Å²) >= 11 is 5.02. The predicted molar refractivity (Wildman–Crippen MR) is 96.9 cm³/mol. The molecule has 0 fully saturated rings. The molecule has 0 atom stereocenters. The van der Waals surface area contributed by atoms with Crippen molar-refractivity contribution in [3.63, 3.8) is 0 Å². The van der Waals surface area contributed by atoms with Crippen LogP contribution in [0.5, 0.6) is 5.75 Å². The van der Waals surface area contributed by atoms with Gasteiger partial charge in [-0.3, -0.25) is 0 Å². The Bertz CT molecular complexity index is 1100. The number of methoxy groups -OCH3 is 1. The number of benzene rings is 2. The number of aromatic nitrogens is 2. The molecular weight excluding hydrogens is 419 g/mol. The van der Waals surface area contributed by atoms with E-state index in [1.54, 1.807) is 6.07 Å². The molecule has 0 amide bonds. The quantitative estimate of drug-likeness (QED) is 0.600. The third kappa shape index (κ3) is 4.07. The monoisotopic (exact) mass is 431 g/mol. The van der Waals surface area contributed by atoms with E-state index in [0.717, 1.165) is 12.1 Å². The van der Waals surface area contributed by atoms with Gasteiger partial charge in [-0.15, -0.1) is 5.10 Å². The number of halogens is 4. The van der Waals surface area contributed by atoms with E-state index in [0.29, 0.717) is 4.79 Å². The largest absolute Gasteiger partial charge is 0.494 e. The summed E-state index contributed by atoms with van der Waals surface area (Å²) in [7, 11) is -2.89. The zero-order chi connectivity index (χ0) is 20.5. The van der Waals surface area contributed by atoms with Crippen LogP contribution in [0.4, 0.5) is 13.2 Å². The van der Waals surface area contributed by atoms with Crippen LogP contribution in [-0.4, -0.2) is 25.4 Å². The van der Waals surface area contributed by atoms with Crippen LogP contribution in [0.25, 0.3) is 11.3 Å². The van der Waals surface area contributed by atoms with Crippen molar-refractivity contribution in [2.24, 2.45) is 0 Å². The molecule has 3 rings (SSSR count). The maximum absolute atomic E-state index is 14.0. The van der Waals surface area contributed by atoms with Crippen molar-refractivity contribution in [1.29, 1.82) is 0 Å². The summed E-state index contributed by atoms with van der Waals surface area (Å²) < 4.78 is 71.0. The Morgan fingerprint density at radius 2 is 1.82 bits per heavy atom. The molecule has 0 bridgehead atoms. The maximum Gasteiger partial charge on any atom is 0.366 e. The number of sulfonamides is 1. The Balaban J connectivity index is 2.10. The van der Waals surface area contributed by atoms with Crippen LogP contribution in [0.2, 0.25) is 0 Å². The number of hydrogen-bond donors (Lipinski definition) is 1. The van der Waals surface area contributed by atoms with Gasteiger partial charge < -0.3 is 4.74 Å². The molecule has 148 valence electrons. The minimum atomic E-state index is -4.15. The van der Waals surface area contributed by atoms with E-state index >= 15 is 0 Å². The molecule has 6 nitrogen and oxygen atoms in total. The van der Waals surface area contributed by atoms with Crippen molar-refractivity contribution < 1.29 is 26.3 Å². The average molecular weight is 432 g/mol. The summed E-state index contributed by atoms with van der Waals surface area (Å²) in [6, 6.07) is 11.7. The van der Waals surface area contributed by atoms with Crippen molar-refractivity contribution in [3.8, 4) is 17.0 Å². The molecular formula is C17H13ClF3N3O3S. The van der Waals surface area contributed by atoms with Gasteiger partial charge in [0.1, 0.15) is 0 Å². The van der Waals surface area contributed by atoms with Crippen LogP contribution in [0.15, 0.2) is 59.5 Å². The van der Waals surface area contributed by atoms with Crippen LogP contribution >= 0.6 is 11.6 Å². The fourth-order valence-electron chi connectivity index (χ4n) is 2.39. The molecule has 0 saturated heterocycles. The van der Waals surface area contributed by atoms with E-state index in [4.69, 9.17) is 16.3 Å². The van der Waals surface area contributed by atoms with Crippen molar-refractivity contribution in [2.75, 3.05) is 11.9 Å². The number of ether oxygens (including phenoxy) is 1. The van der Waals surface area contributed by atoms with Crippen molar-refractivity contribution >= 4 is 21.6 Å². The van der Waals surface area contributed by atoms with E-state index in [-0.39, 0.29) is 21.9 Å². The molecule has 0 saturated carbocycles. The fraction of sp³-hybridized carbons (Fsp3) is 0.118. The summed E-state index contributed by atoms with van der Waals surface area (Å²) in [6.45, 7) is 0. The highest BCUT2D eigenvalue weighted by atomic mass is 35.5. The van der Waals surface area contributed by atoms with Gasteiger partial charge in [0.15, 0.2) is 17.3 Å². The molecule has 28 heavy (non-hydrogen) atoms. The third-order valence-corrected chi connectivity index (χ3v) is 5.21. The topological polar surface area (TPSA) is 73.2 Å². The SMILES string of the molecule is COc1ccc(-c2cc(C(F)(F)Cl)nn2NS(=O)(=O)c2ccccc2)cc1F. The lowest BCUT2D eigenvalue weighted by Crippen LogP contribution is -2.25. The average Bonchev–Trinajstić information content (AvgIpc) is 3.06. The van der Waals surface area contributed by atoms with Gasteiger partial charge in [0.25, 0.3) is 10.0 Å². The first-order valence-corrected chi connectivity index (χ1v) is 9.57. The lowest BCUT2D eigenvalue weighted by Gasteiger charge is -2.12. The Morgan fingerprint density at radius 3 is 2.39 bits per heavy atom. The molecule has 1 heterocycles. The number of hydrogen-bond acceptors (Lipinski definition) is 4. The molecule has 3 aromatic rings. The molecule has 0 aliphatic heterocycles. The molecule has 0 aliphatic carbocycles. The number of nitrogens with one attached hydrogen (secondary N) is 1. The first kappa shape index (κ1) is 20.0. The first-order chi connectivity index (χ1) is 13.1. The number of nitrogens with zero attached hydrogens (tertiary/aromatic N) is 2. The number of rotatable bonds is 6. The van der Waals surface area contributed by atoms with E-state index in [1.807, 2.05) is 0 Å². The maximum atomic E-state index is 14.0. The van der Waals surface area contributed by atoms with E-state index < -0.39 is 26.9 Å². The van der Waals surface area contributed by atoms with Gasteiger partial charge in [-0.05, 0) is 48.0 Å². The Labute approximate surface area is 163 Å². The Hall–Kier alpha value is -2.72. The molecule has 11 heteroatoms. The van der Waals surface area contributed by atoms with Gasteiger partial charge in [0.05, 0.1) is 17.7 Å². The zero-order valence-corrected chi connectivity index (χ0v) is 15.8.